The number of hydrogen-bond acceptors (Lipinski definition) is 3. The Morgan fingerprint density at radius 2 is 2.16 bits per heavy atom. The number of carbonyl (C=O) groups excluding carboxylic acids is 1. The molecule has 0 saturated carbocycles. The summed E-state index contributed by atoms with van der Waals surface area (Å²) >= 11 is 6.00. The van der Waals surface area contributed by atoms with E-state index >= 15 is 0 Å². The van der Waals surface area contributed by atoms with E-state index in [4.69, 9.17) is 11.6 Å². The van der Waals surface area contributed by atoms with Crippen molar-refractivity contribution in [3.8, 4) is 0 Å². The Morgan fingerprint density at radius 1 is 1.42 bits per heavy atom. The number of amides is 1. The van der Waals surface area contributed by atoms with Gasteiger partial charge in [0.15, 0.2) is 0 Å². The molecule has 1 aliphatic rings. The van der Waals surface area contributed by atoms with Crippen molar-refractivity contribution in [3.05, 3.63) is 28.8 Å². The predicted octanol–water partition coefficient (Wildman–Crippen LogP) is 2.16. The first-order valence-electron chi connectivity index (χ1n) is 6.49. The zero-order chi connectivity index (χ0) is 14.0. The number of nitrogens with zero attached hydrogens (tertiary/aromatic N) is 2. The minimum atomic E-state index is 0.0480. The first-order chi connectivity index (χ1) is 9.02. The van der Waals surface area contributed by atoms with Crippen LogP contribution in [-0.2, 0) is 0 Å². The van der Waals surface area contributed by atoms with E-state index in [0.717, 1.165) is 25.3 Å². The Bertz CT molecular complexity index is 478. The van der Waals surface area contributed by atoms with Crippen LogP contribution in [0.3, 0.4) is 0 Å². The van der Waals surface area contributed by atoms with Crippen molar-refractivity contribution in [2.75, 3.05) is 39.0 Å². The second-order valence-corrected chi connectivity index (χ2v) is 5.46. The summed E-state index contributed by atoms with van der Waals surface area (Å²) in [5.74, 6) is 0.0480. The zero-order valence-corrected chi connectivity index (χ0v) is 12.4. The third-order valence-corrected chi connectivity index (χ3v) is 3.96. The highest BCUT2D eigenvalue weighted by Crippen LogP contribution is 2.23. The lowest BCUT2D eigenvalue weighted by Gasteiger charge is -2.37. The fourth-order valence-corrected chi connectivity index (χ4v) is 2.49. The molecule has 1 fully saturated rings. The van der Waals surface area contributed by atoms with Crippen LogP contribution in [0.1, 0.15) is 17.3 Å². The van der Waals surface area contributed by atoms with E-state index < -0.39 is 0 Å². The van der Waals surface area contributed by atoms with Gasteiger partial charge < -0.3 is 15.1 Å². The Labute approximate surface area is 119 Å². The third kappa shape index (κ3) is 3.01. The van der Waals surface area contributed by atoms with Crippen LogP contribution in [0.4, 0.5) is 5.69 Å². The van der Waals surface area contributed by atoms with E-state index in [1.54, 1.807) is 12.1 Å². The lowest BCUT2D eigenvalue weighted by molar-refractivity contribution is 0.0573. The van der Waals surface area contributed by atoms with E-state index in [9.17, 15) is 4.79 Å². The molecular weight excluding hydrogens is 262 g/mol. The highest BCUT2D eigenvalue weighted by atomic mass is 35.5. The van der Waals surface area contributed by atoms with Gasteiger partial charge in [-0.1, -0.05) is 11.6 Å². The van der Waals surface area contributed by atoms with Gasteiger partial charge in [-0.2, -0.15) is 0 Å². The molecule has 0 spiro atoms. The van der Waals surface area contributed by atoms with Crippen LogP contribution in [0.5, 0.6) is 0 Å². The van der Waals surface area contributed by atoms with Crippen molar-refractivity contribution in [2.45, 2.75) is 13.0 Å². The van der Waals surface area contributed by atoms with Crippen molar-refractivity contribution in [2.24, 2.45) is 0 Å². The number of carbonyl (C=O) groups is 1. The minimum Gasteiger partial charge on any atom is -0.387 e. The van der Waals surface area contributed by atoms with Crippen LogP contribution in [0.2, 0.25) is 5.02 Å². The highest BCUT2D eigenvalue weighted by Gasteiger charge is 2.26. The number of halogens is 1. The summed E-state index contributed by atoms with van der Waals surface area (Å²) in [6.45, 7) is 4.55. The molecule has 1 aromatic rings. The molecule has 4 nitrogen and oxygen atoms in total. The van der Waals surface area contributed by atoms with Crippen molar-refractivity contribution < 1.29 is 4.79 Å². The molecule has 1 aromatic carbocycles. The summed E-state index contributed by atoms with van der Waals surface area (Å²) < 4.78 is 0. The lowest BCUT2D eigenvalue weighted by Crippen LogP contribution is -2.52. The van der Waals surface area contributed by atoms with Crippen LogP contribution in [-0.4, -0.2) is 55.5 Å². The largest absolute Gasteiger partial charge is 0.387 e. The summed E-state index contributed by atoms with van der Waals surface area (Å²) in [6, 6.07) is 5.75. The molecule has 104 valence electrons. The molecule has 0 radical (unpaired) electrons. The number of hydrogen-bond donors (Lipinski definition) is 1. The average molecular weight is 282 g/mol. The predicted molar refractivity (Wildman–Crippen MR) is 79.0 cm³/mol. The van der Waals surface area contributed by atoms with E-state index in [1.807, 2.05) is 18.0 Å². The molecule has 1 heterocycles. The molecular formula is C14H20ClN3O. The van der Waals surface area contributed by atoms with Crippen LogP contribution < -0.4 is 5.32 Å². The van der Waals surface area contributed by atoms with Gasteiger partial charge in [0.25, 0.3) is 5.91 Å². The van der Waals surface area contributed by atoms with Gasteiger partial charge in [-0.3, -0.25) is 4.79 Å². The number of likely N-dealkylation sites (N-methyl/N-ethyl adjacent to an activating group) is 1. The van der Waals surface area contributed by atoms with Gasteiger partial charge >= 0.3 is 0 Å². The number of anilines is 1. The third-order valence-electron chi connectivity index (χ3n) is 3.73. The van der Waals surface area contributed by atoms with Gasteiger partial charge in [0.1, 0.15) is 0 Å². The second kappa shape index (κ2) is 5.80. The monoisotopic (exact) mass is 281 g/mol. The molecule has 19 heavy (non-hydrogen) atoms. The molecule has 2 rings (SSSR count). The maximum absolute atomic E-state index is 12.6. The average Bonchev–Trinajstić information content (AvgIpc) is 2.41. The second-order valence-electron chi connectivity index (χ2n) is 5.02. The van der Waals surface area contributed by atoms with Crippen molar-refractivity contribution in [1.29, 1.82) is 0 Å². The van der Waals surface area contributed by atoms with E-state index in [1.165, 1.54) is 0 Å². The standard InChI is InChI=1S/C14H20ClN3O/c1-10-9-18(7-6-17(10)3)14(19)12-8-11(15)4-5-13(12)16-2/h4-5,8,10,16H,6-7,9H2,1-3H3. The fourth-order valence-electron chi connectivity index (χ4n) is 2.31. The van der Waals surface area contributed by atoms with E-state index in [0.29, 0.717) is 16.6 Å². The highest BCUT2D eigenvalue weighted by molar-refractivity contribution is 6.31. The Balaban J connectivity index is 2.22. The SMILES string of the molecule is CNc1ccc(Cl)cc1C(=O)N1CCN(C)C(C)C1. The number of benzene rings is 1. The summed E-state index contributed by atoms with van der Waals surface area (Å²) in [5.41, 5.74) is 1.47. The molecule has 5 heteroatoms. The van der Waals surface area contributed by atoms with Gasteiger partial charge in [-0.05, 0) is 32.2 Å². The molecule has 1 N–H and O–H groups in total. The molecule has 0 aliphatic carbocycles. The van der Waals surface area contributed by atoms with Crippen LogP contribution in [0.25, 0.3) is 0 Å². The Morgan fingerprint density at radius 3 is 2.79 bits per heavy atom. The number of rotatable bonds is 2. The van der Waals surface area contributed by atoms with E-state index in [2.05, 4.69) is 24.2 Å². The lowest BCUT2D eigenvalue weighted by atomic mass is 10.1. The zero-order valence-electron chi connectivity index (χ0n) is 11.6. The minimum absolute atomic E-state index is 0.0480. The summed E-state index contributed by atoms with van der Waals surface area (Å²) in [6.07, 6.45) is 0. The quantitative estimate of drug-likeness (QED) is 0.902. The summed E-state index contributed by atoms with van der Waals surface area (Å²) in [7, 11) is 3.90. The van der Waals surface area contributed by atoms with Crippen molar-refractivity contribution in [1.82, 2.24) is 9.80 Å². The smallest absolute Gasteiger partial charge is 0.256 e. The van der Waals surface area contributed by atoms with Crippen LogP contribution >= 0.6 is 11.6 Å². The van der Waals surface area contributed by atoms with E-state index in [-0.39, 0.29) is 5.91 Å². The van der Waals surface area contributed by atoms with Gasteiger partial charge in [-0.25, -0.2) is 0 Å². The number of nitrogens with one attached hydrogen (secondary N) is 1. The molecule has 1 atom stereocenters. The molecule has 1 unspecified atom stereocenters. The maximum atomic E-state index is 12.6. The van der Waals surface area contributed by atoms with Gasteiger partial charge in [0.05, 0.1) is 5.56 Å². The van der Waals surface area contributed by atoms with Crippen molar-refractivity contribution >= 4 is 23.2 Å². The normalized spacial score (nSPS) is 20.4. The summed E-state index contributed by atoms with van der Waals surface area (Å²) in [4.78, 5) is 16.8. The molecule has 1 aliphatic heterocycles. The van der Waals surface area contributed by atoms with Crippen molar-refractivity contribution in [3.63, 3.8) is 0 Å². The van der Waals surface area contributed by atoms with Crippen LogP contribution in [0, 0.1) is 0 Å². The first-order valence-corrected chi connectivity index (χ1v) is 6.87. The molecule has 1 saturated heterocycles. The van der Waals surface area contributed by atoms with Crippen LogP contribution in [0.15, 0.2) is 18.2 Å². The van der Waals surface area contributed by atoms with Gasteiger partial charge in [0.2, 0.25) is 0 Å². The van der Waals surface area contributed by atoms with Gasteiger partial charge in [0, 0.05) is 43.4 Å². The first kappa shape index (κ1) is 14.2. The molecule has 0 bridgehead atoms. The number of piperazine rings is 1. The van der Waals surface area contributed by atoms with Gasteiger partial charge in [-0.15, -0.1) is 0 Å². The molecule has 0 aromatic heterocycles. The molecule has 1 amide bonds. The Hall–Kier alpha value is -1.26. The maximum Gasteiger partial charge on any atom is 0.256 e. The topological polar surface area (TPSA) is 35.6 Å². The fraction of sp³-hybridized carbons (Fsp3) is 0.500. The summed E-state index contributed by atoms with van der Waals surface area (Å²) in [5, 5.41) is 3.63. The Kier molecular flexibility index (Phi) is 4.32.